The van der Waals surface area contributed by atoms with Crippen molar-refractivity contribution in [1.29, 1.82) is 5.26 Å². The number of nitrogens with zero attached hydrogens (tertiary/aromatic N) is 3. The Morgan fingerprint density at radius 3 is 2.67 bits per heavy atom. The molecule has 0 saturated carbocycles. The van der Waals surface area contributed by atoms with E-state index in [0.717, 1.165) is 5.56 Å². The molecule has 0 spiro atoms. The molecule has 0 aliphatic rings. The van der Waals surface area contributed by atoms with E-state index in [1.54, 1.807) is 42.5 Å². The van der Waals surface area contributed by atoms with Crippen LogP contribution in [-0.4, -0.2) is 9.55 Å². The highest BCUT2D eigenvalue weighted by atomic mass is 35.5. The smallest absolute Gasteiger partial charge is 0.266 e. The number of para-hydroxylation sites is 1. The summed E-state index contributed by atoms with van der Waals surface area (Å²) in [7, 11) is 0. The minimum Gasteiger partial charge on any atom is -0.268 e. The summed E-state index contributed by atoms with van der Waals surface area (Å²) in [5.74, 6) is -0.202. The van der Waals surface area contributed by atoms with Crippen molar-refractivity contribution in [3.05, 3.63) is 104 Å². The number of benzene rings is 3. The third-order valence-corrected chi connectivity index (χ3v) is 5.01. The van der Waals surface area contributed by atoms with Gasteiger partial charge < -0.3 is 0 Å². The first kappa shape index (κ1) is 19.6. The molecular formula is C24H15ClFN3O. The monoisotopic (exact) mass is 415 g/mol. The highest BCUT2D eigenvalue weighted by Gasteiger charge is 2.14. The largest absolute Gasteiger partial charge is 0.268 e. The van der Waals surface area contributed by atoms with Gasteiger partial charge in [0.1, 0.15) is 11.6 Å². The Morgan fingerprint density at radius 1 is 1.10 bits per heavy atom. The van der Waals surface area contributed by atoms with E-state index in [2.05, 4.69) is 11.1 Å². The number of rotatable bonds is 3. The SMILES string of the molecule is Cc1ccc(C#N)c(C=Cc2nc3ccc(F)cc3c(=O)n2-c2ccccc2Cl)c1. The van der Waals surface area contributed by atoms with E-state index in [1.165, 1.54) is 22.8 Å². The van der Waals surface area contributed by atoms with Crippen molar-refractivity contribution in [3.63, 3.8) is 0 Å². The van der Waals surface area contributed by atoms with E-state index in [1.807, 2.05) is 19.1 Å². The molecule has 0 N–H and O–H groups in total. The molecule has 0 bridgehead atoms. The molecule has 4 nitrogen and oxygen atoms in total. The van der Waals surface area contributed by atoms with Crippen LogP contribution in [0.15, 0.2) is 65.5 Å². The molecule has 4 aromatic rings. The van der Waals surface area contributed by atoms with Crippen LogP contribution in [-0.2, 0) is 0 Å². The van der Waals surface area contributed by atoms with E-state index in [0.29, 0.717) is 33.2 Å². The first-order chi connectivity index (χ1) is 14.5. The van der Waals surface area contributed by atoms with Crippen LogP contribution in [0.3, 0.4) is 0 Å². The number of nitriles is 1. The van der Waals surface area contributed by atoms with Gasteiger partial charge in [-0.25, -0.2) is 9.37 Å². The fourth-order valence-corrected chi connectivity index (χ4v) is 3.46. The average Bonchev–Trinajstić information content (AvgIpc) is 2.74. The minimum atomic E-state index is -0.520. The molecular weight excluding hydrogens is 401 g/mol. The third kappa shape index (κ3) is 3.61. The molecule has 4 rings (SSSR count). The van der Waals surface area contributed by atoms with E-state index in [9.17, 15) is 14.4 Å². The number of aryl methyl sites for hydroxylation is 1. The molecule has 6 heteroatoms. The van der Waals surface area contributed by atoms with Crippen LogP contribution in [0.25, 0.3) is 28.7 Å². The Hall–Kier alpha value is -3.75. The summed E-state index contributed by atoms with van der Waals surface area (Å²) in [6.07, 6.45) is 3.39. The highest BCUT2D eigenvalue weighted by molar-refractivity contribution is 6.32. The van der Waals surface area contributed by atoms with Crippen molar-refractivity contribution in [2.75, 3.05) is 0 Å². The normalized spacial score (nSPS) is 11.1. The molecule has 0 unspecified atom stereocenters. The summed E-state index contributed by atoms with van der Waals surface area (Å²) < 4.78 is 15.1. The first-order valence-corrected chi connectivity index (χ1v) is 9.52. The quantitative estimate of drug-likeness (QED) is 0.442. The standard InChI is InChI=1S/C24H15ClFN3O/c1-15-6-7-17(14-27)16(12-15)8-11-23-28-21-10-9-18(26)13-19(21)24(30)29(23)22-5-3-2-4-20(22)25/h2-13H,1H3. The Balaban J connectivity index is 2.00. The lowest BCUT2D eigenvalue weighted by Gasteiger charge is -2.13. The Bertz CT molecular complexity index is 1420. The summed E-state index contributed by atoms with van der Waals surface area (Å²) in [6, 6.07) is 18.4. The predicted octanol–water partition coefficient (Wildman–Crippen LogP) is 5.53. The molecule has 30 heavy (non-hydrogen) atoms. The lowest BCUT2D eigenvalue weighted by atomic mass is 10.0. The van der Waals surface area contributed by atoms with Gasteiger partial charge in [0.25, 0.3) is 5.56 Å². The van der Waals surface area contributed by atoms with E-state index < -0.39 is 11.4 Å². The van der Waals surface area contributed by atoms with Gasteiger partial charge in [-0.05, 0) is 61.0 Å². The van der Waals surface area contributed by atoms with Crippen molar-refractivity contribution in [2.45, 2.75) is 6.92 Å². The molecule has 0 atom stereocenters. The van der Waals surface area contributed by atoms with Crippen molar-refractivity contribution >= 4 is 34.7 Å². The number of aromatic nitrogens is 2. The van der Waals surface area contributed by atoms with Gasteiger partial charge in [-0.2, -0.15) is 5.26 Å². The van der Waals surface area contributed by atoms with Gasteiger partial charge in [0, 0.05) is 0 Å². The molecule has 0 fully saturated rings. The van der Waals surface area contributed by atoms with Gasteiger partial charge in [-0.15, -0.1) is 0 Å². The second-order valence-electron chi connectivity index (χ2n) is 6.76. The zero-order valence-electron chi connectivity index (χ0n) is 15.9. The molecule has 146 valence electrons. The second-order valence-corrected chi connectivity index (χ2v) is 7.17. The topological polar surface area (TPSA) is 58.7 Å². The van der Waals surface area contributed by atoms with E-state index in [-0.39, 0.29) is 5.39 Å². The van der Waals surface area contributed by atoms with Crippen LogP contribution in [0.4, 0.5) is 4.39 Å². The third-order valence-electron chi connectivity index (χ3n) is 4.69. The maximum absolute atomic E-state index is 13.8. The Labute approximate surface area is 177 Å². The van der Waals surface area contributed by atoms with Gasteiger partial charge in [0.15, 0.2) is 0 Å². The van der Waals surface area contributed by atoms with Crippen molar-refractivity contribution in [3.8, 4) is 11.8 Å². The maximum Gasteiger partial charge on any atom is 0.266 e. The molecule has 0 amide bonds. The molecule has 0 aliphatic heterocycles. The Kier molecular flexibility index (Phi) is 5.18. The lowest BCUT2D eigenvalue weighted by molar-refractivity contribution is 0.629. The van der Waals surface area contributed by atoms with Crippen LogP contribution >= 0.6 is 11.6 Å². The zero-order valence-corrected chi connectivity index (χ0v) is 16.7. The van der Waals surface area contributed by atoms with Crippen LogP contribution in [0.1, 0.15) is 22.5 Å². The predicted molar refractivity (Wildman–Crippen MR) is 117 cm³/mol. The molecule has 0 aliphatic carbocycles. The average molecular weight is 416 g/mol. The highest BCUT2D eigenvalue weighted by Crippen LogP contribution is 2.23. The number of halogens is 2. The van der Waals surface area contributed by atoms with Crippen molar-refractivity contribution < 1.29 is 4.39 Å². The van der Waals surface area contributed by atoms with Gasteiger partial charge in [0.2, 0.25) is 0 Å². The zero-order chi connectivity index (χ0) is 21.3. The Morgan fingerprint density at radius 2 is 1.90 bits per heavy atom. The van der Waals surface area contributed by atoms with Crippen LogP contribution in [0.2, 0.25) is 5.02 Å². The number of fused-ring (bicyclic) bond motifs is 1. The van der Waals surface area contributed by atoms with Crippen LogP contribution < -0.4 is 5.56 Å². The summed E-state index contributed by atoms with van der Waals surface area (Å²) in [4.78, 5) is 17.8. The van der Waals surface area contributed by atoms with Gasteiger partial charge in [0.05, 0.1) is 33.2 Å². The summed E-state index contributed by atoms with van der Waals surface area (Å²) >= 11 is 6.34. The minimum absolute atomic E-state index is 0.153. The van der Waals surface area contributed by atoms with Crippen molar-refractivity contribution in [1.82, 2.24) is 9.55 Å². The van der Waals surface area contributed by atoms with Gasteiger partial charge >= 0.3 is 0 Å². The van der Waals surface area contributed by atoms with Crippen LogP contribution in [0, 0.1) is 24.1 Å². The first-order valence-electron chi connectivity index (χ1n) is 9.14. The second kappa shape index (κ2) is 7.94. The summed E-state index contributed by atoms with van der Waals surface area (Å²) in [5, 5.41) is 9.89. The van der Waals surface area contributed by atoms with Gasteiger partial charge in [-0.3, -0.25) is 9.36 Å². The summed E-state index contributed by atoms with van der Waals surface area (Å²) in [5.41, 5.74) is 2.58. The van der Waals surface area contributed by atoms with Crippen LogP contribution in [0.5, 0.6) is 0 Å². The fraction of sp³-hybridized carbons (Fsp3) is 0.0417. The molecule has 1 heterocycles. The molecule has 1 aromatic heterocycles. The lowest BCUT2D eigenvalue weighted by Crippen LogP contribution is -2.22. The molecule has 0 saturated heterocycles. The van der Waals surface area contributed by atoms with E-state index in [4.69, 9.17) is 11.6 Å². The molecule has 3 aromatic carbocycles. The summed E-state index contributed by atoms with van der Waals surface area (Å²) in [6.45, 7) is 1.93. The molecule has 0 radical (unpaired) electrons. The van der Waals surface area contributed by atoms with E-state index >= 15 is 0 Å². The van der Waals surface area contributed by atoms with Gasteiger partial charge in [-0.1, -0.05) is 41.4 Å². The number of hydrogen-bond acceptors (Lipinski definition) is 3. The number of hydrogen-bond donors (Lipinski definition) is 0. The fourth-order valence-electron chi connectivity index (χ4n) is 3.24. The maximum atomic E-state index is 13.8. The van der Waals surface area contributed by atoms with Crippen molar-refractivity contribution in [2.24, 2.45) is 0 Å².